The molecule has 5 rings (SSSR count). The number of hydrogen-bond donors (Lipinski definition) is 1. The summed E-state index contributed by atoms with van der Waals surface area (Å²) in [5, 5.41) is 11.0. The van der Waals surface area contributed by atoms with E-state index >= 15 is 0 Å². The van der Waals surface area contributed by atoms with Crippen LogP contribution in [0, 0.1) is 17.3 Å². The number of methoxy groups -OCH3 is 1. The number of aromatic hydroxyl groups is 1. The van der Waals surface area contributed by atoms with Crippen molar-refractivity contribution in [3.05, 3.63) is 47.5 Å². The van der Waals surface area contributed by atoms with Crippen molar-refractivity contribution >= 4 is 11.4 Å². The van der Waals surface area contributed by atoms with Crippen LogP contribution in [-0.4, -0.2) is 38.4 Å². The third-order valence-electron chi connectivity index (χ3n) is 9.82. The van der Waals surface area contributed by atoms with Gasteiger partial charge in [0.15, 0.2) is 0 Å². The van der Waals surface area contributed by atoms with Gasteiger partial charge in [-0.05, 0) is 111 Å². The molecule has 0 saturated heterocycles. The molecular formula is C30H42N2O2. The number of ether oxygens (including phenoxy) is 1. The maximum absolute atomic E-state index is 11.0. The van der Waals surface area contributed by atoms with Crippen molar-refractivity contribution in [2.75, 3.05) is 37.0 Å². The van der Waals surface area contributed by atoms with Gasteiger partial charge in [0.05, 0.1) is 12.8 Å². The molecule has 2 fully saturated rings. The van der Waals surface area contributed by atoms with E-state index in [9.17, 15) is 5.11 Å². The standard InChI is InChI=1S/C30H42N2O2/c1-6-32(7-2)21-9-14-27(28(33)19-21)31(4)29-15-13-26-25-11-8-20-18-22(34-5)10-12-23(20)24(25)16-17-30(26,29)3/h9-10,12,14,18-19,24-26,29,33H,6-8,11,13,15-17H2,1-5H3/t24-,25-,26+,29+,30+/m1/s1. The molecule has 2 aromatic carbocycles. The van der Waals surface area contributed by atoms with Gasteiger partial charge in [-0.1, -0.05) is 13.0 Å². The van der Waals surface area contributed by atoms with Crippen LogP contribution in [0.25, 0.3) is 0 Å². The van der Waals surface area contributed by atoms with Crippen LogP contribution in [0.3, 0.4) is 0 Å². The maximum Gasteiger partial charge on any atom is 0.140 e. The molecule has 2 saturated carbocycles. The summed E-state index contributed by atoms with van der Waals surface area (Å²) in [5.74, 6) is 3.63. The van der Waals surface area contributed by atoms with Crippen LogP contribution in [0.4, 0.5) is 11.4 Å². The molecular weight excluding hydrogens is 420 g/mol. The van der Waals surface area contributed by atoms with Crippen LogP contribution in [0.15, 0.2) is 36.4 Å². The first-order valence-corrected chi connectivity index (χ1v) is 13.4. The summed E-state index contributed by atoms with van der Waals surface area (Å²) >= 11 is 0. The Labute approximate surface area is 205 Å². The van der Waals surface area contributed by atoms with Crippen molar-refractivity contribution < 1.29 is 9.84 Å². The molecule has 34 heavy (non-hydrogen) atoms. The predicted molar refractivity (Wildman–Crippen MR) is 141 cm³/mol. The molecule has 0 aromatic heterocycles. The lowest BCUT2D eigenvalue weighted by Gasteiger charge is -2.52. The fourth-order valence-electron chi connectivity index (χ4n) is 8.06. The molecule has 0 heterocycles. The molecule has 0 unspecified atom stereocenters. The molecule has 4 nitrogen and oxygen atoms in total. The highest BCUT2D eigenvalue weighted by Gasteiger charge is 2.55. The molecule has 0 radical (unpaired) electrons. The Hall–Kier alpha value is -2.36. The first-order chi connectivity index (χ1) is 16.4. The van der Waals surface area contributed by atoms with Crippen molar-refractivity contribution in [1.29, 1.82) is 0 Å². The fraction of sp³-hybridized carbons (Fsp3) is 0.600. The molecule has 0 amide bonds. The number of fused-ring (bicyclic) bond motifs is 5. The highest BCUT2D eigenvalue weighted by molar-refractivity contribution is 5.65. The number of phenolic OH excluding ortho intramolecular Hbond substituents is 1. The van der Waals surface area contributed by atoms with Crippen LogP contribution in [-0.2, 0) is 6.42 Å². The van der Waals surface area contributed by atoms with Crippen molar-refractivity contribution in [2.45, 2.75) is 71.3 Å². The van der Waals surface area contributed by atoms with E-state index in [1.807, 2.05) is 6.07 Å². The van der Waals surface area contributed by atoms with Gasteiger partial charge in [-0.25, -0.2) is 0 Å². The molecule has 0 bridgehead atoms. The zero-order valence-electron chi connectivity index (χ0n) is 21.7. The van der Waals surface area contributed by atoms with E-state index in [1.54, 1.807) is 12.7 Å². The topological polar surface area (TPSA) is 35.9 Å². The number of nitrogens with zero attached hydrogens (tertiary/aromatic N) is 2. The second kappa shape index (κ2) is 9.02. The number of aryl methyl sites for hydroxylation is 1. The number of phenols is 1. The lowest BCUT2D eigenvalue weighted by molar-refractivity contribution is 0.0485. The Kier molecular flexibility index (Phi) is 6.20. The number of hydrogen-bond acceptors (Lipinski definition) is 4. The van der Waals surface area contributed by atoms with Gasteiger partial charge in [0, 0.05) is 37.9 Å². The Balaban J connectivity index is 1.38. The van der Waals surface area contributed by atoms with Crippen molar-refractivity contribution in [3.63, 3.8) is 0 Å². The fourth-order valence-corrected chi connectivity index (χ4v) is 8.06. The first-order valence-electron chi connectivity index (χ1n) is 13.4. The highest BCUT2D eigenvalue weighted by atomic mass is 16.5. The maximum atomic E-state index is 11.0. The van der Waals surface area contributed by atoms with Crippen molar-refractivity contribution in [2.24, 2.45) is 17.3 Å². The molecule has 3 aliphatic rings. The zero-order chi connectivity index (χ0) is 24.0. The molecule has 2 aromatic rings. The summed E-state index contributed by atoms with van der Waals surface area (Å²) in [7, 11) is 3.97. The van der Waals surface area contributed by atoms with E-state index in [0.717, 1.165) is 42.0 Å². The average molecular weight is 463 g/mol. The molecule has 3 aliphatic carbocycles. The van der Waals surface area contributed by atoms with E-state index < -0.39 is 0 Å². The Morgan fingerprint density at radius 3 is 2.53 bits per heavy atom. The Morgan fingerprint density at radius 2 is 1.82 bits per heavy atom. The van der Waals surface area contributed by atoms with Gasteiger partial charge in [-0.2, -0.15) is 0 Å². The molecule has 0 spiro atoms. The van der Waals surface area contributed by atoms with Gasteiger partial charge < -0.3 is 19.6 Å². The summed E-state index contributed by atoms with van der Waals surface area (Å²) < 4.78 is 5.50. The average Bonchev–Trinajstić information content (AvgIpc) is 3.21. The van der Waals surface area contributed by atoms with Gasteiger partial charge in [-0.15, -0.1) is 0 Å². The minimum Gasteiger partial charge on any atom is -0.506 e. The van der Waals surface area contributed by atoms with E-state index in [0.29, 0.717) is 23.1 Å². The van der Waals surface area contributed by atoms with E-state index in [4.69, 9.17) is 4.74 Å². The van der Waals surface area contributed by atoms with E-state index in [1.165, 1.54) is 44.1 Å². The van der Waals surface area contributed by atoms with Gasteiger partial charge in [0.1, 0.15) is 11.5 Å². The largest absolute Gasteiger partial charge is 0.506 e. The molecule has 4 heteroatoms. The van der Waals surface area contributed by atoms with Crippen LogP contribution >= 0.6 is 0 Å². The monoisotopic (exact) mass is 462 g/mol. The Bertz CT molecular complexity index is 1030. The van der Waals surface area contributed by atoms with Crippen molar-refractivity contribution in [1.82, 2.24) is 0 Å². The summed E-state index contributed by atoms with van der Waals surface area (Å²) in [5.41, 5.74) is 5.47. The normalized spacial score (nSPS) is 29.7. The SMILES string of the molecule is CCN(CC)c1ccc(N(C)[C@H]2CC[C@H]3[C@@H]4CCc5cc(OC)ccc5[C@H]4CC[C@]23C)c(O)c1. The second-order valence-corrected chi connectivity index (χ2v) is 11.1. The van der Waals surface area contributed by atoms with Crippen molar-refractivity contribution in [3.8, 4) is 11.5 Å². The summed E-state index contributed by atoms with van der Waals surface area (Å²) in [4.78, 5) is 4.69. The summed E-state index contributed by atoms with van der Waals surface area (Å²) in [6, 6.07) is 13.5. The molecule has 1 N–H and O–H groups in total. The van der Waals surface area contributed by atoms with Crippen LogP contribution in [0.5, 0.6) is 11.5 Å². The number of anilines is 2. The Morgan fingerprint density at radius 1 is 1.03 bits per heavy atom. The van der Waals surface area contributed by atoms with Gasteiger partial charge in [0.25, 0.3) is 0 Å². The van der Waals surface area contributed by atoms with Gasteiger partial charge in [-0.3, -0.25) is 0 Å². The number of rotatable bonds is 6. The van der Waals surface area contributed by atoms with Crippen LogP contribution in [0.2, 0.25) is 0 Å². The minimum absolute atomic E-state index is 0.296. The highest BCUT2D eigenvalue weighted by Crippen LogP contribution is 2.62. The zero-order valence-corrected chi connectivity index (χ0v) is 21.7. The van der Waals surface area contributed by atoms with E-state index in [2.05, 4.69) is 68.0 Å². The summed E-state index contributed by atoms with van der Waals surface area (Å²) in [6.45, 7) is 8.78. The van der Waals surface area contributed by atoms with E-state index in [-0.39, 0.29) is 0 Å². The predicted octanol–water partition coefficient (Wildman–Crippen LogP) is 6.61. The quantitative estimate of drug-likeness (QED) is 0.524. The first kappa shape index (κ1) is 23.4. The third kappa shape index (κ3) is 3.65. The smallest absolute Gasteiger partial charge is 0.140 e. The van der Waals surface area contributed by atoms with Gasteiger partial charge in [0.2, 0.25) is 0 Å². The van der Waals surface area contributed by atoms with Crippen LogP contribution in [0.1, 0.15) is 69.9 Å². The van der Waals surface area contributed by atoms with Crippen LogP contribution < -0.4 is 14.5 Å². The molecule has 0 aliphatic heterocycles. The number of benzene rings is 2. The third-order valence-corrected chi connectivity index (χ3v) is 9.82. The second-order valence-electron chi connectivity index (χ2n) is 11.1. The van der Waals surface area contributed by atoms with Gasteiger partial charge >= 0.3 is 0 Å². The molecule has 5 atom stereocenters. The minimum atomic E-state index is 0.296. The lowest BCUT2D eigenvalue weighted by atomic mass is 9.55. The molecule has 184 valence electrons. The summed E-state index contributed by atoms with van der Waals surface area (Å²) in [6.07, 6.45) is 7.52. The lowest BCUT2D eigenvalue weighted by Crippen LogP contribution is -2.49.